The molecule has 0 bridgehead atoms. The van der Waals surface area contributed by atoms with E-state index >= 15 is 0 Å². The highest BCUT2D eigenvalue weighted by molar-refractivity contribution is 5.78. The van der Waals surface area contributed by atoms with Crippen LogP contribution in [0.2, 0.25) is 0 Å². The van der Waals surface area contributed by atoms with Crippen LogP contribution in [0.4, 0.5) is 5.69 Å². The lowest BCUT2D eigenvalue weighted by Crippen LogP contribution is -2.54. The van der Waals surface area contributed by atoms with Crippen molar-refractivity contribution in [3.63, 3.8) is 0 Å². The third kappa shape index (κ3) is 4.03. The lowest BCUT2D eigenvalue weighted by Gasteiger charge is -2.41. The van der Waals surface area contributed by atoms with Gasteiger partial charge in [0, 0.05) is 18.6 Å². The Kier molecular flexibility index (Phi) is 4.75. The molecule has 2 N–H and O–H groups in total. The van der Waals surface area contributed by atoms with Gasteiger partial charge in [-0.3, -0.25) is 19.7 Å². The molecule has 1 aliphatic carbocycles. The minimum Gasteiger partial charge on any atom is -0.481 e. The minimum atomic E-state index is -0.918. The largest absolute Gasteiger partial charge is 0.481 e. The average Bonchev–Trinajstić information content (AvgIpc) is 2.42. The Morgan fingerprint density at radius 2 is 2.09 bits per heavy atom. The van der Waals surface area contributed by atoms with Gasteiger partial charge in [0.1, 0.15) is 0 Å². The van der Waals surface area contributed by atoms with E-state index in [2.05, 4.69) is 5.32 Å². The Bertz CT molecular complexity index is 595. The summed E-state index contributed by atoms with van der Waals surface area (Å²) in [5.41, 5.74) is 0.107. The fraction of sp³-hybridized carbons (Fsp3) is 0.467. The zero-order valence-electron chi connectivity index (χ0n) is 12.1. The van der Waals surface area contributed by atoms with E-state index in [4.69, 9.17) is 5.11 Å². The Labute approximate surface area is 127 Å². The van der Waals surface area contributed by atoms with Crippen molar-refractivity contribution >= 4 is 17.6 Å². The summed E-state index contributed by atoms with van der Waals surface area (Å²) < 4.78 is 0. The summed E-state index contributed by atoms with van der Waals surface area (Å²) in [6.45, 7) is 0. The van der Waals surface area contributed by atoms with Gasteiger partial charge < -0.3 is 10.4 Å². The molecule has 1 aliphatic rings. The van der Waals surface area contributed by atoms with Crippen LogP contribution in [-0.4, -0.2) is 27.4 Å². The summed E-state index contributed by atoms with van der Waals surface area (Å²) in [5, 5.41) is 22.4. The molecule has 7 heteroatoms. The number of nitro benzene ring substituents is 1. The second-order valence-corrected chi connectivity index (χ2v) is 5.68. The predicted molar refractivity (Wildman–Crippen MR) is 78.4 cm³/mol. The number of aliphatic carboxylic acids is 1. The van der Waals surface area contributed by atoms with E-state index in [9.17, 15) is 19.7 Å². The van der Waals surface area contributed by atoms with Crippen LogP contribution in [0.5, 0.6) is 0 Å². The van der Waals surface area contributed by atoms with Crippen molar-refractivity contribution in [2.75, 3.05) is 0 Å². The number of hydrogen-bond donors (Lipinski definition) is 2. The van der Waals surface area contributed by atoms with E-state index < -0.39 is 16.4 Å². The number of carboxylic acid groups (broad SMARTS) is 1. The van der Waals surface area contributed by atoms with E-state index in [1.54, 1.807) is 12.1 Å². The topological polar surface area (TPSA) is 110 Å². The second kappa shape index (κ2) is 6.55. The first-order chi connectivity index (χ1) is 10.4. The van der Waals surface area contributed by atoms with E-state index in [1.807, 2.05) is 0 Å². The maximum Gasteiger partial charge on any atom is 0.305 e. The Hall–Kier alpha value is -2.44. The van der Waals surface area contributed by atoms with Crippen molar-refractivity contribution in [2.24, 2.45) is 0 Å². The molecule has 0 unspecified atom stereocenters. The van der Waals surface area contributed by atoms with Crippen molar-refractivity contribution in [3.05, 3.63) is 39.9 Å². The molecule has 1 amide bonds. The van der Waals surface area contributed by atoms with E-state index in [0.29, 0.717) is 24.8 Å². The third-order valence-corrected chi connectivity index (χ3v) is 3.97. The number of hydrogen-bond acceptors (Lipinski definition) is 4. The summed E-state index contributed by atoms with van der Waals surface area (Å²) >= 11 is 0. The molecule has 0 spiro atoms. The fourth-order valence-electron chi connectivity index (χ4n) is 2.68. The molecule has 0 aliphatic heterocycles. The van der Waals surface area contributed by atoms with Gasteiger partial charge in [0.25, 0.3) is 5.69 Å². The lowest BCUT2D eigenvalue weighted by atomic mass is 9.74. The molecule has 2 rings (SSSR count). The standard InChI is InChI=1S/C15H18N2O5/c18-13(16-15(7-2-8-15)10-14(19)20)6-5-11-3-1-4-12(9-11)17(21)22/h1,3-4,9H,2,5-8,10H2,(H,16,18)(H,19,20). The predicted octanol–water partition coefficient (Wildman–Crippen LogP) is 2.04. The number of carbonyl (C=O) groups is 2. The van der Waals surface area contributed by atoms with Gasteiger partial charge in [-0.25, -0.2) is 0 Å². The Morgan fingerprint density at radius 1 is 1.36 bits per heavy atom. The first-order valence-electron chi connectivity index (χ1n) is 7.16. The molecule has 1 saturated carbocycles. The number of nitro groups is 1. The zero-order valence-corrected chi connectivity index (χ0v) is 12.1. The number of carboxylic acids is 1. The number of carbonyl (C=O) groups excluding carboxylic acids is 1. The normalized spacial score (nSPS) is 15.6. The summed E-state index contributed by atoms with van der Waals surface area (Å²) in [7, 11) is 0. The summed E-state index contributed by atoms with van der Waals surface area (Å²) in [5.74, 6) is -1.13. The maximum absolute atomic E-state index is 12.0. The smallest absolute Gasteiger partial charge is 0.305 e. The molecule has 1 aromatic carbocycles. The van der Waals surface area contributed by atoms with Crippen molar-refractivity contribution < 1.29 is 19.6 Å². The van der Waals surface area contributed by atoms with Crippen LogP contribution in [0.25, 0.3) is 0 Å². The van der Waals surface area contributed by atoms with E-state index in [0.717, 1.165) is 6.42 Å². The molecule has 7 nitrogen and oxygen atoms in total. The number of aryl methyl sites for hydroxylation is 1. The number of nitrogens with zero attached hydrogens (tertiary/aromatic N) is 1. The summed E-state index contributed by atoms with van der Waals surface area (Å²) in [6.07, 6.45) is 2.79. The van der Waals surface area contributed by atoms with Gasteiger partial charge in [0.2, 0.25) is 5.91 Å². The highest BCUT2D eigenvalue weighted by Gasteiger charge is 2.40. The van der Waals surface area contributed by atoms with Crippen molar-refractivity contribution in [3.8, 4) is 0 Å². The zero-order chi connectivity index (χ0) is 16.2. The van der Waals surface area contributed by atoms with Crippen LogP contribution in [0.3, 0.4) is 0 Å². The van der Waals surface area contributed by atoms with Gasteiger partial charge in [-0.15, -0.1) is 0 Å². The number of nitrogens with one attached hydrogen (secondary N) is 1. The maximum atomic E-state index is 12.0. The molecule has 22 heavy (non-hydrogen) atoms. The van der Waals surface area contributed by atoms with Crippen LogP contribution in [0.1, 0.15) is 37.7 Å². The fourth-order valence-corrected chi connectivity index (χ4v) is 2.68. The van der Waals surface area contributed by atoms with Crippen molar-refractivity contribution in [2.45, 2.75) is 44.1 Å². The molecule has 0 radical (unpaired) electrons. The van der Waals surface area contributed by atoms with Gasteiger partial charge in [0.05, 0.1) is 16.9 Å². The summed E-state index contributed by atoms with van der Waals surface area (Å²) in [4.78, 5) is 33.1. The average molecular weight is 306 g/mol. The SMILES string of the molecule is O=C(O)CC1(NC(=O)CCc2cccc([N+](=O)[O-])c2)CCC1. The van der Waals surface area contributed by atoms with Crippen LogP contribution in [0, 0.1) is 10.1 Å². The highest BCUT2D eigenvalue weighted by atomic mass is 16.6. The molecule has 0 saturated heterocycles. The number of benzene rings is 1. The molecule has 0 heterocycles. The first-order valence-corrected chi connectivity index (χ1v) is 7.16. The van der Waals surface area contributed by atoms with Gasteiger partial charge in [-0.2, -0.15) is 0 Å². The monoisotopic (exact) mass is 306 g/mol. The highest BCUT2D eigenvalue weighted by Crippen LogP contribution is 2.35. The molecular weight excluding hydrogens is 288 g/mol. The van der Waals surface area contributed by atoms with Gasteiger partial charge in [-0.1, -0.05) is 12.1 Å². The van der Waals surface area contributed by atoms with Gasteiger partial charge in [-0.05, 0) is 31.2 Å². The Morgan fingerprint density at radius 3 is 2.64 bits per heavy atom. The molecule has 1 aromatic rings. The van der Waals surface area contributed by atoms with E-state index in [-0.39, 0.29) is 24.4 Å². The van der Waals surface area contributed by atoms with Crippen molar-refractivity contribution in [1.82, 2.24) is 5.32 Å². The third-order valence-electron chi connectivity index (χ3n) is 3.97. The number of non-ortho nitro benzene ring substituents is 1. The van der Waals surface area contributed by atoms with E-state index in [1.165, 1.54) is 12.1 Å². The second-order valence-electron chi connectivity index (χ2n) is 5.68. The molecule has 118 valence electrons. The molecule has 0 aromatic heterocycles. The molecule has 1 fully saturated rings. The molecule has 0 atom stereocenters. The van der Waals surface area contributed by atoms with Crippen LogP contribution in [-0.2, 0) is 16.0 Å². The summed E-state index contributed by atoms with van der Waals surface area (Å²) in [6, 6.07) is 6.17. The van der Waals surface area contributed by atoms with Crippen LogP contribution in [0.15, 0.2) is 24.3 Å². The number of amides is 1. The quantitative estimate of drug-likeness (QED) is 0.591. The minimum absolute atomic E-state index is 0.000696. The first kappa shape index (κ1) is 15.9. The lowest BCUT2D eigenvalue weighted by molar-refractivity contribution is -0.384. The van der Waals surface area contributed by atoms with Gasteiger partial charge in [0.15, 0.2) is 0 Å². The van der Waals surface area contributed by atoms with Crippen LogP contribution >= 0.6 is 0 Å². The Balaban J connectivity index is 1.88. The van der Waals surface area contributed by atoms with Gasteiger partial charge >= 0.3 is 5.97 Å². The van der Waals surface area contributed by atoms with Crippen LogP contribution < -0.4 is 5.32 Å². The van der Waals surface area contributed by atoms with Crippen molar-refractivity contribution in [1.29, 1.82) is 0 Å². The molecular formula is C15H18N2O5. The number of rotatable bonds is 7.